The van der Waals surface area contributed by atoms with Crippen LogP contribution in [0.2, 0.25) is 5.02 Å². The third-order valence-corrected chi connectivity index (χ3v) is 4.22. The predicted molar refractivity (Wildman–Crippen MR) is 89.7 cm³/mol. The summed E-state index contributed by atoms with van der Waals surface area (Å²) >= 11 is 7.31. The van der Waals surface area contributed by atoms with Gasteiger partial charge in [-0.2, -0.15) is 0 Å². The molecule has 0 saturated heterocycles. The maximum atomic E-state index is 11.8. The average molecular weight is 321 g/mol. The van der Waals surface area contributed by atoms with Crippen LogP contribution in [0.4, 0.5) is 5.69 Å². The molecule has 1 amide bonds. The van der Waals surface area contributed by atoms with E-state index in [9.17, 15) is 4.79 Å². The lowest BCUT2D eigenvalue weighted by molar-refractivity contribution is -0.118. The van der Waals surface area contributed by atoms with Crippen LogP contribution in [-0.4, -0.2) is 18.2 Å². The summed E-state index contributed by atoms with van der Waals surface area (Å²) in [5.74, 6) is 0.328. The van der Waals surface area contributed by atoms with Crippen molar-refractivity contribution < 1.29 is 4.79 Å². The van der Waals surface area contributed by atoms with E-state index in [0.717, 1.165) is 11.3 Å². The van der Waals surface area contributed by atoms with E-state index in [1.54, 1.807) is 18.2 Å². The number of rotatable bonds is 6. The molecule has 3 N–H and O–H groups in total. The van der Waals surface area contributed by atoms with Gasteiger partial charge in [0, 0.05) is 22.2 Å². The minimum absolute atomic E-state index is 0.00435. The number of hydrogen-bond donors (Lipinski definition) is 2. The second-order valence-electron chi connectivity index (χ2n) is 4.56. The molecule has 0 aromatic heterocycles. The fraction of sp³-hybridized carbons (Fsp3) is 0.188. The Morgan fingerprint density at radius 2 is 1.95 bits per heavy atom. The molecule has 0 aliphatic carbocycles. The molecule has 2 rings (SSSR count). The molecule has 2 aromatic rings. The Labute approximate surface area is 133 Å². The highest BCUT2D eigenvalue weighted by atomic mass is 35.5. The van der Waals surface area contributed by atoms with Crippen molar-refractivity contribution in [3.05, 3.63) is 59.1 Å². The van der Waals surface area contributed by atoms with E-state index in [4.69, 9.17) is 17.3 Å². The summed E-state index contributed by atoms with van der Waals surface area (Å²) in [6, 6.07) is 15.3. The molecule has 0 unspecified atom stereocenters. The second kappa shape index (κ2) is 7.96. The average Bonchev–Trinajstić information content (AvgIpc) is 2.49. The van der Waals surface area contributed by atoms with Crippen molar-refractivity contribution >= 4 is 35.0 Å². The largest absolute Gasteiger partial charge is 0.398 e. The lowest BCUT2D eigenvalue weighted by Crippen LogP contribution is -2.27. The zero-order valence-corrected chi connectivity index (χ0v) is 13.1. The smallest absolute Gasteiger partial charge is 0.230 e. The number of benzene rings is 2. The van der Waals surface area contributed by atoms with E-state index < -0.39 is 0 Å². The van der Waals surface area contributed by atoms with Crippen molar-refractivity contribution in [3.8, 4) is 0 Å². The van der Waals surface area contributed by atoms with Crippen LogP contribution in [0.15, 0.2) is 53.4 Å². The monoisotopic (exact) mass is 320 g/mol. The van der Waals surface area contributed by atoms with Crippen LogP contribution in [0, 0.1) is 0 Å². The van der Waals surface area contributed by atoms with Crippen LogP contribution in [0.3, 0.4) is 0 Å². The van der Waals surface area contributed by atoms with Gasteiger partial charge in [0.1, 0.15) is 0 Å². The maximum absolute atomic E-state index is 11.8. The Morgan fingerprint density at radius 3 is 2.71 bits per heavy atom. The Hall–Kier alpha value is -1.65. The van der Waals surface area contributed by atoms with Gasteiger partial charge in [-0.05, 0) is 30.2 Å². The Morgan fingerprint density at radius 1 is 1.19 bits per heavy atom. The third kappa shape index (κ3) is 5.33. The number of nitrogen functional groups attached to an aromatic ring is 1. The van der Waals surface area contributed by atoms with Crippen LogP contribution >= 0.6 is 23.4 Å². The lowest BCUT2D eigenvalue weighted by atomic mass is 10.1. The first-order valence-corrected chi connectivity index (χ1v) is 8.00. The summed E-state index contributed by atoms with van der Waals surface area (Å²) in [5, 5.41) is 3.52. The normalized spacial score (nSPS) is 10.3. The summed E-state index contributed by atoms with van der Waals surface area (Å²) in [5.41, 5.74) is 7.69. The topological polar surface area (TPSA) is 55.1 Å². The molecule has 0 heterocycles. The molecule has 2 aromatic carbocycles. The quantitative estimate of drug-likeness (QED) is 0.634. The number of thioether (sulfide) groups is 1. The highest BCUT2D eigenvalue weighted by Gasteiger charge is 2.06. The van der Waals surface area contributed by atoms with Gasteiger partial charge in [0.2, 0.25) is 5.91 Å². The van der Waals surface area contributed by atoms with Gasteiger partial charge in [0.05, 0.1) is 5.75 Å². The van der Waals surface area contributed by atoms with Crippen molar-refractivity contribution in [2.24, 2.45) is 0 Å². The highest BCUT2D eigenvalue weighted by Crippen LogP contribution is 2.27. The van der Waals surface area contributed by atoms with Gasteiger partial charge in [-0.15, -0.1) is 11.8 Å². The van der Waals surface area contributed by atoms with Gasteiger partial charge in [-0.25, -0.2) is 0 Å². The Bertz CT molecular complexity index is 604. The fourth-order valence-electron chi connectivity index (χ4n) is 1.82. The van der Waals surface area contributed by atoms with Crippen molar-refractivity contribution in [1.29, 1.82) is 0 Å². The van der Waals surface area contributed by atoms with Crippen LogP contribution in [0.25, 0.3) is 0 Å². The molecular formula is C16H17ClN2OS. The van der Waals surface area contributed by atoms with Gasteiger partial charge in [0.15, 0.2) is 0 Å². The number of amides is 1. The van der Waals surface area contributed by atoms with E-state index in [0.29, 0.717) is 23.0 Å². The fourth-order valence-corrected chi connectivity index (χ4v) is 2.89. The van der Waals surface area contributed by atoms with E-state index in [-0.39, 0.29) is 5.91 Å². The number of carbonyl (C=O) groups excluding carboxylic acids is 1. The van der Waals surface area contributed by atoms with Crippen LogP contribution in [0.5, 0.6) is 0 Å². The standard InChI is InChI=1S/C16H17ClN2OS/c17-13-6-7-14(18)15(10-13)21-11-16(20)19-9-8-12-4-2-1-3-5-12/h1-7,10H,8-9,11,18H2,(H,19,20). The van der Waals surface area contributed by atoms with Gasteiger partial charge in [-0.1, -0.05) is 41.9 Å². The van der Waals surface area contributed by atoms with E-state index in [2.05, 4.69) is 5.32 Å². The first-order chi connectivity index (χ1) is 10.1. The zero-order valence-electron chi connectivity index (χ0n) is 11.5. The molecule has 5 heteroatoms. The molecule has 0 aliphatic rings. The zero-order chi connectivity index (χ0) is 15.1. The van der Waals surface area contributed by atoms with Gasteiger partial charge in [0.25, 0.3) is 0 Å². The van der Waals surface area contributed by atoms with Crippen molar-refractivity contribution in [2.45, 2.75) is 11.3 Å². The Kier molecular flexibility index (Phi) is 5.96. The molecule has 0 aliphatic heterocycles. The molecule has 0 bridgehead atoms. The number of nitrogens with one attached hydrogen (secondary N) is 1. The number of anilines is 1. The van der Waals surface area contributed by atoms with Crippen LogP contribution in [0.1, 0.15) is 5.56 Å². The number of hydrogen-bond acceptors (Lipinski definition) is 3. The van der Waals surface area contributed by atoms with E-state index >= 15 is 0 Å². The first-order valence-electron chi connectivity index (χ1n) is 6.63. The molecule has 0 spiro atoms. The molecule has 0 saturated carbocycles. The molecule has 21 heavy (non-hydrogen) atoms. The second-order valence-corrected chi connectivity index (χ2v) is 6.01. The molecule has 110 valence electrons. The van der Waals surface area contributed by atoms with Crippen molar-refractivity contribution in [2.75, 3.05) is 18.0 Å². The number of carbonyl (C=O) groups is 1. The third-order valence-electron chi connectivity index (χ3n) is 2.91. The Balaban J connectivity index is 1.74. The highest BCUT2D eigenvalue weighted by molar-refractivity contribution is 8.00. The summed E-state index contributed by atoms with van der Waals surface area (Å²) < 4.78 is 0. The minimum atomic E-state index is -0.00435. The maximum Gasteiger partial charge on any atom is 0.230 e. The predicted octanol–water partition coefficient (Wildman–Crippen LogP) is 3.37. The molecule has 0 fully saturated rings. The van der Waals surface area contributed by atoms with Crippen LogP contribution < -0.4 is 11.1 Å². The van der Waals surface area contributed by atoms with Crippen LogP contribution in [-0.2, 0) is 11.2 Å². The SMILES string of the molecule is Nc1ccc(Cl)cc1SCC(=O)NCCc1ccccc1. The summed E-state index contributed by atoms with van der Waals surface area (Å²) in [4.78, 5) is 12.6. The van der Waals surface area contributed by atoms with E-state index in [1.807, 2.05) is 30.3 Å². The summed E-state index contributed by atoms with van der Waals surface area (Å²) in [6.07, 6.45) is 0.830. The minimum Gasteiger partial charge on any atom is -0.398 e. The first kappa shape index (κ1) is 15.7. The molecular weight excluding hydrogens is 304 g/mol. The number of halogens is 1. The van der Waals surface area contributed by atoms with Crippen molar-refractivity contribution in [3.63, 3.8) is 0 Å². The molecule has 0 atom stereocenters. The van der Waals surface area contributed by atoms with E-state index in [1.165, 1.54) is 17.3 Å². The van der Waals surface area contributed by atoms with Gasteiger partial charge < -0.3 is 11.1 Å². The molecule has 0 radical (unpaired) electrons. The van der Waals surface area contributed by atoms with Gasteiger partial charge in [-0.3, -0.25) is 4.79 Å². The van der Waals surface area contributed by atoms with Gasteiger partial charge >= 0.3 is 0 Å². The van der Waals surface area contributed by atoms with Crippen molar-refractivity contribution in [1.82, 2.24) is 5.32 Å². The lowest BCUT2D eigenvalue weighted by Gasteiger charge is -2.07. The number of nitrogens with two attached hydrogens (primary N) is 1. The summed E-state index contributed by atoms with van der Waals surface area (Å²) in [7, 11) is 0. The summed E-state index contributed by atoms with van der Waals surface area (Å²) in [6.45, 7) is 0.633. The molecule has 3 nitrogen and oxygen atoms in total.